The van der Waals surface area contributed by atoms with Crippen LogP contribution in [0, 0.1) is 6.92 Å². The zero-order valence-corrected chi connectivity index (χ0v) is 15.0. The van der Waals surface area contributed by atoms with Crippen molar-refractivity contribution in [1.29, 1.82) is 0 Å². The zero-order chi connectivity index (χ0) is 18.1. The largest absolute Gasteiger partial charge is 0.355 e. The number of nitrogens with zero attached hydrogens (tertiary/aromatic N) is 2. The number of nitrogens with one attached hydrogen (secondary N) is 2. The van der Waals surface area contributed by atoms with Gasteiger partial charge in [-0.1, -0.05) is 6.07 Å². The summed E-state index contributed by atoms with van der Waals surface area (Å²) in [6, 6.07) is 7.78. The number of fused-ring (bicyclic) bond motifs is 1. The van der Waals surface area contributed by atoms with Gasteiger partial charge in [-0.3, -0.25) is 9.59 Å². The number of aryl methyl sites for hydroxylation is 3. The van der Waals surface area contributed by atoms with Gasteiger partial charge in [-0.05, 0) is 62.8 Å². The Bertz CT molecular complexity index is 890. The summed E-state index contributed by atoms with van der Waals surface area (Å²) in [6.07, 6.45) is 4.77. The fraction of sp³-hybridized carbons (Fsp3) is 0.450. The molecule has 0 aromatic carbocycles. The monoisotopic (exact) mass is 352 g/mol. The van der Waals surface area contributed by atoms with Gasteiger partial charge < -0.3 is 15.2 Å². The van der Waals surface area contributed by atoms with Crippen LogP contribution in [0.15, 0.2) is 29.1 Å². The van der Waals surface area contributed by atoms with Gasteiger partial charge in [0.1, 0.15) is 11.4 Å². The van der Waals surface area contributed by atoms with Gasteiger partial charge in [0, 0.05) is 30.5 Å². The van der Waals surface area contributed by atoms with Gasteiger partial charge in [-0.2, -0.15) is 0 Å². The van der Waals surface area contributed by atoms with E-state index in [1.54, 1.807) is 6.07 Å². The number of carbonyl (C=O) groups is 1. The van der Waals surface area contributed by atoms with Gasteiger partial charge in [-0.15, -0.1) is 0 Å². The van der Waals surface area contributed by atoms with Crippen LogP contribution in [-0.2, 0) is 12.8 Å². The first-order valence-electron chi connectivity index (χ1n) is 9.35. The van der Waals surface area contributed by atoms with E-state index in [4.69, 9.17) is 0 Å². The molecule has 0 spiro atoms. The predicted octanol–water partition coefficient (Wildman–Crippen LogP) is 1.97. The number of aromatic amines is 1. The van der Waals surface area contributed by atoms with Crippen molar-refractivity contribution >= 4 is 11.7 Å². The minimum absolute atomic E-state index is 0.0196. The number of rotatable bonds is 3. The molecule has 0 bridgehead atoms. The fourth-order valence-corrected chi connectivity index (χ4v) is 3.95. The van der Waals surface area contributed by atoms with E-state index in [9.17, 15) is 9.59 Å². The molecule has 136 valence electrons. The van der Waals surface area contributed by atoms with Gasteiger partial charge in [0.05, 0.1) is 0 Å². The second kappa shape index (κ2) is 6.94. The first-order chi connectivity index (χ1) is 12.6. The summed E-state index contributed by atoms with van der Waals surface area (Å²) >= 11 is 0. The molecular formula is C20H24N4O2. The molecule has 1 atom stereocenters. The molecule has 1 amide bonds. The van der Waals surface area contributed by atoms with E-state index < -0.39 is 0 Å². The summed E-state index contributed by atoms with van der Waals surface area (Å²) in [7, 11) is 0. The molecule has 2 aromatic heterocycles. The Balaban J connectivity index is 1.47. The van der Waals surface area contributed by atoms with Crippen molar-refractivity contribution in [2.24, 2.45) is 0 Å². The minimum Gasteiger partial charge on any atom is -0.355 e. The summed E-state index contributed by atoms with van der Waals surface area (Å²) in [5.41, 5.74) is 3.02. The Morgan fingerprint density at radius 2 is 2.19 bits per heavy atom. The normalized spacial score (nSPS) is 19.3. The topological polar surface area (TPSA) is 78.1 Å². The smallest absolute Gasteiger partial charge is 0.261 e. The Morgan fingerprint density at radius 1 is 1.31 bits per heavy atom. The Labute approximate surface area is 152 Å². The third kappa shape index (κ3) is 3.36. The number of pyridine rings is 2. The average Bonchev–Trinajstić information content (AvgIpc) is 3.08. The molecular weight excluding hydrogens is 328 g/mol. The minimum atomic E-state index is -0.281. The van der Waals surface area contributed by atoms with Crippen LogP contribution in [0.2, 0.25) is 0 Å². The lowest BCUT2D eigenvalue weighted by Gasteiger charge is -2.34. The van der Waals surface area contributed by atoms with Crippen LogP contribution in [0.5, 0.6) is 0 Å². The van der Waals surface area contributed by atoms with Crippen molar-refractivity contribution in [3.8, 4) is 0 Å². The predicted molar refractivity (Wildman–Crippen MR) is 101 cm³/mol. The van der Waals surface area contributed by atoms with Gasteiger partial charge in [0.2, 0.25) is 0 Å². The Kier molecular flexibility index (Phi) is 4.49. The second-order valence-electron chi connectivity index (χ2n) is 7.27. The van der Waals surface area contributed by atoms with Crippen LogP contribution in [0.25, 0.3) is 0 Å². The molecule has 2 aliphatic rings. The number of piperidine rings is 1. The molecule has 2 N–H and O–H groups in total. The highest BCUT2D eigenvalue weighted by Crippen LogP contribution is 2.20. The highest BCUT2D eigenvalue weighted by atomic mass is 16.2. The highest BCUT2D eigenvalue weighted by molar-refractivity contribution is 5.94. The van der Waals surface area contributed by atoms with Crippen LogP contribution in [0.4, 0.5) is 5.82 Å². The number of H-pyrrole nitrogens is 1. The van der Waals surface area contributed by atoms with Gasteiger partial charge in [0.15, 0.2) is 0 Å². The van der Waals surface area contributed by atoms with E-state index in [1.165, 1.54) is 0 Å². The Hall–Kier alpha value is -2.63. The summed E-state index contributed by atoms with van der Waals surface area (Å²) < 4.78 is 0. The third-order valence-corrected chi connectivity index (χ3v) is 5.29. The zero-order valence-electron chi connectivity index (χ0n) is 15.0. The molecule has 6 nitrogen and oxygen atoms in total. The third-order valence-electron chi connectivity index (χ3n) is 5.29. The van der Waals surface area contributed by atoms with E-state index in [0.29, 0.717) is 6.54 Å². The van der Waals surface area contributed by atoms with Gasteiger partial charge >= 0.3 is 0 Å². The highest BCUT2D eigenvalue weighted by Gasteiger charge is 2.24. The molecule has 1 saturated heterocycles. The van der Waals surface area contributed by atoms with Crippen LogP contribution in [0.1, 0.15) is 46.6 Å². The molecule has 0 unspecified atom stereocenters. The lowest BCUT2D eigenvalue weighted by Crippen LogP contribution is -2.48. The fourth-order valence-electron chi connectivity index (χ4n) is 3.95. The molecule has 6 heteroatoms. The maximum absolute atomic E-state index is 12.7. The van der Waals surface area contributed by atoms with Crippen molar-refractivity contribution in [1.82, 2.24) is 15.3 Å². The van der Waals surface area contributed by atoms with Crippen molar-refractivity contribution in [2.45, 2.75) is 45.1 Å². The lowest BCUT2D eigenvalue weighted by atomic mass is 10.0. The van der Waals surface area contributed by atoms with E-state index >= 15 is 0 Å². The van der Waals surface area contributed by atoms with Gasteiger partial charge in [-0.25, -0.2) is 4.98 Å². The summed E-state index contributed by atoms with van der Waals surface area (Å²) in [6.45, 7) is 3.63. The summed E-state index contributed by atoms with van der Waals surface area (Å²) in [5.74, 6) is 0.671. The number of amides is 1. The summed E-state index contributed by atoms with van der Waals surface area (Å²) in [5, 5.41) is 3.05. The SMILES string of the molecule is Cc1cccc(N2CCC[C@@H](NC(=O)c3cc4c([nH]c3=O)CCC4)C2)n1. The quantitative estimate of drug-likeness (QED) is 0.885. The molecule has 0 saturated carbocycles. The van der Waals surface area contributed by atoms with Crippen LogP contribution >= 0.6 is 0 Å². The lowest BCUT2D eigenvalue weighted by molar-refractivity contribution is 0.0931. The molecule has 26 heavy (non-hydrogen) atoms. The second-order valence-corrected chi connectivity index (χ2v) is 7.27. The van der Waals surface area contributed by atoms with E-state index in [0.717, 1.165) is 61.4 Å². The number of carbonyl (C=O) groups excluding carboxylic acids is 1. The molecule has 1 aliphatic carbocycles. The number of aromatic nitrogens is 2. The van der Waals surface area contributed by atoms with Crippen molar-refractivity contribution in [2.75, 3.05) is 18.0 Å². The standard InChI is InChI=1S/C20H24N4O2/c1-13-5-2-9-18(21-13)24-10-4-7-15(12-24)22-19(25)16-11-14-6-3-8-17(14)23-20(16)26/h2,5,9,11,15H,3-4,6-8,10,12H2,1H3,(H,22,25)(H,23,26)/t15-/m1/s1. The van der Waals surface area contributed by atoms with Crippen LogP contribution in [-0.4, -0.2) is 35.0 Å². The molecule has 1 fully saturated rings. The average molecular weight is 352 g/mol. The maximum Gasteiger partial charge on any atom is 0.261 e. The maximum atomic E-state index is 12.7. The van der Waals surface area contributed by atoms with E-state index in [2.05, 4.69) is 20.2 Å². The Morgan fingerprint density at radius 3 is 3.04 bits per heavy atom. The van der Waals surface area contributed by atoms with Crippen LogP contribution in [0.3, 0.4) is 0 Å². The molecule has 3 heterocycles. The van der Waals surface area contributed by atoms with Crippen molar-refractivity contribution in [3.05, 3.63) is 57.1 Å². The van der Waals surface area contributed by atoms with E-state index in [1.807, 2.05) is 25.1 Å². The van der Waals surface area contributed by atoms with E-state index in [-0.39, 0.29) is 23.1 Å². The van der Waals surface area contributed by atoms with Crippen molar-refractivity contribution in [3.63, 3.8) is 0 Å². The molecule has 4 rings (SSSR count). The summed E-state index contributed by atoms with van der Waals surface area (Å²) in [4.78, 5) is 34.6. The number of anilines is 1. The molecule has 2 aromatic rings. The number of hydrogen-bond acceptors (Lipinski definition) is 4. The first kappa shape index (κ1) is 16.8. The first-order valence-corrected chi connectivity index (χ1v) is 9.35. The van der Waals surface area contributed by atoms with Crippen LogP contribution < -0.4 is 15.8 Å². The molecule has 0 radical (unpaired) electrons. The number of hydrogen-bond donors (Lipinski definition) is 2. The molecule has 1 aliphatic heterocycles. The van der Waals surface area contributed by atoms with Gasteiger partial charge in [0.25, 0.3) is 11.5 Å². The van der Waals surface area contributed by atoms with Crippen molar-refractivity contribution < 1.29 is 4.79 Å².